The third-order valence-corrected chi connectivity index (χ3v) is 6.34. The van der Waals surface area contributed by atoms with E-state index in [0.717, 1.165) is 31.9 Å². The number of hydrogen-bond acceptors (Lipinski definition) is 4. The topological polar surface area (TPSA) is 75.6 Å². The lowest BCUT2D eigenvalue weighted by Gasteiger charge is -2.37. The Balaban J connectivity index is 1.50. The van der Waals surface area contributed by atoms with Crippen LogP contribution in [0.2, 0.25) is 10.0 Å². The number of rotatable bonds is 3. The molecule has 0 atom stereocenters. The first-order chi connectivity index (χ1) is 16.4. The van der Waals surface area contributed by atoms with E-state index < -0.39 is 0 Å². The van der Waals surface area contributed by atoms with Crippen LogP contribution in [-0.2, 0) is 4.79 Å². The monoisotopic (exact) mass is 499 g/mol. The summed E-state index contributed by atoms with van der Waals surface area (Å²) in [6.07, 6.45) is 0. The van der Waals surface area contributed by atoms with Crippen molar-refractivity contribution in [3.05, 3.63) is 64.7 Å². The number of carbonyl (C=O) groups is 1. The summed E-state index contributed by atoms with van der Waals surface area (Å²) in [4.78, 5) is 27.6. The zero-order chi connectivity index (χ0) is 24.2. The summed E-state index contributed by atoms with van der Waals surface area (Å²) >= 11 is 12.7. The molecule has 0 aliphatic carbocycles. The molecule has 2 aliphatic rings. The summed E-state index contributed by atoms with van der Waals surface area (Å²) in [5.74, 6) is 0.479. The molecule has 2 N–H and O–H groups in total. The summed E-state index contributed by atoms with van der Waals surface area (Å²) in [6, 6.07) is 13.3. The van der Waals surface area contributed by atoms with Crippen LogP contribution in [0.5, 0.6) is 0 Å². The summed E-state index contributed by atoms with van der Waals surface area (Å²) in [5, 5.41) is 7.37. The maximum absolute atomic E-state index is 13.1. The van der Waals surface area contributed by atoms with Crippen LogP contribution >= 0.6 is 23.2 Å². The van der Waals surface area contributed by atoms with Gasteiger partial charge >= 0.3 is 0 Å². The van der Waals surface area contributed by atoms with E-state index in [2.05, 4.69) is 44.2 Å². The number of para-hydroxylation sites is 1. The highest BCUT2D eigenvalue weighted by atomic mass is 35.5. The first-order valence-electron chi connectivity index (χ1n) is 10.9. The van der Waals surface area contributed by atoms with Crippen molar-refractivity contribution >= 4 is 58.0 Å². The number of nitrogens with one attached hydrogen (secondary N) is 2. The molecule has 0 aromatic heterocycles. The minimum Gasteiger partial charge on any atom is -0.369 e. The van der Waals surface area contributed by atoms with Gasteiger partial charge in [0, 0.05) is 51.6 Å². The quantitative estimate of drug-likeness (QED) is 0.382. The average Bonchev–Trinajstić information content (AvgIpc) is 2.85. The molecular formula is C24H27Cl2N7O. The van der Waals surface area contributed by atoms with Gasteiger partial charge < -0.3 is 20.4 Å². The number of halogens is 2. The highest BCUT2D eigenvalue weighted by molar-refractivity contribution is 6.41. The molecule has 10 heteroatoms. The van der Waals surface area contributed by atoms with Crippen LogP contribution in [0.3, 0.4) is 0 Å². The highest BCUT2D eigenvalue weighted by Crippen LogP contribution is 2.35. The van der Waals surface area contributed by atoms with E-state index in [9.17, 15) is 4.79 Å². The number of piperazine rings is 1. The van der Waals surface area contributed by atoms with Crippen molar-refractivity contribution < 1.29 is 4.79 Å². The third kappa shape index (κ3) is 5.04. The van der Waals surface area contributed by atoms with Gasteiger partial charge in [0.25, 0.3) is 5.91 Å². The second-order valence-electron chi connectivity index (χ2n) is 8.01. The fraction of sp³-hybridized carbons (Fsp3) is 0.292. The van der Waals surface area contributed by atoms with Gasteiger partial charge in [-0.05, 0) is 36.4 Å². The molecular weight excluding hydrogens is 473 g/mol. The molecule has 0 spiro atoms. The van der Waals surface area contributed by atoms with E-state index in [1.807, 2.05) is 24.1 Å². The summed E-state index contributed by atoms with van der Waals surface area (Å²) < 4.78 is 0. The number of guanidine groups is 1. The summed E-state index contributed by atoms with van der Waals surface area (Å²) in [5.41, 5.74) is 2.71. The van der Waals surface area contributed by atoms with Crippen LogP contribution in [0, 0.1) is 0 Å². The Hall–Kier alpha value is -3.07. The van der Waals surface area contributed by atoms with E-state index in [4.69, 9.17) is 23.2 Å². The van der Waals surface area contributed by atoms with Crippen molar-refractivity contribution in [2.24, 2.45) is 9.98 Å². The third-order valence-electron chi connectivity index (χ3n) is 5.73. The molecule has 0 saturated carbocycles. The lowest BCUT2D eigenvalue weighted by molar-refractivity contribution is -0.115. The lowest BCUT2D eigenvalue weighted by atomic mass is 10.1. The van der Waals surface area contributed by atoms with Gasteiger partial charge in [0.2, 0.25) is 5.96 Å². The Labute approximate surface area is 209 Å². The normalized spacial score (nSPS) is 18.6. The van der Waals surface area contributed by atoms with Crippen LogP contribution in [0.25, 0.3) is 0 Å². The largest absolute Gasteiger partial charge is 0.369 e. The van der Waals surface area contributed by atoms with Crippen LogP contribution in [0.1, 0.15) is 0 Å². The molecule has 2 aromatic rings. The van der Waals surface area contributed by atoms with Gasteiger partial charge in [-0.25, -0.2) is 0 Å². The highest BCUT2D eigenvalue weighted by Gasteiger charge is 2.33. The van der Waals surface area contributed by atoms with Crippen molar-refractivity contribution in [2.75, 3.05) is 62.1 Å². The Kier molecular flexibility index (Phi) is 7.41. The maximum Gasteiger partial charge on any atom is 0.263 e. The first-order valence-corrected chi connectivity index (χ1v) is 11.7. The minimum absolute atomic E-state index is 0.219. The maximum atomic E-state index is 13.1. The van der Waals surface area contributed by atoms with Crippen LogP contribution < -0.4 is 20.4 Å². The average molecular weight is 500 g/mol. The molecule has 2 aliphatic heterocycles. The molecule has 8 nitrogen and oxygen atoms in total. The molecule has 2 aromatic carbocycles. The number of hydrogen-bond donors (Lipinski definition) is 2. The van der Waals surface area contributed by atoms with Crippen LogP contribution in [0.4, 0.5) is 17.1 Å². The number of aliphatic imine (C=N–C) groups is 2. The van der Waals surface area contributed by atoms with Gasteiger partial charge in [-0.15, -0.1) is 0 Å². The van der Waals surface area contributed by atoms with E-state index >= 15 is 0 Å². The number of benzene rings is 2. The fourth-order valence-electron chi connectivity index (χ4n) is 3.95. The molecule has 2 fully saturated rings. The number of likely N-dealkylation sites (N-methyl/N-ethyl adjacent to an activating group) is 1. The van der Waals surface area contributed by atoms with E-state index in [1.165, 1.54) is 10.6 Å². The predicted octanol–water partition coefficient (Wildman–Crippen LogP) is 3.69. The Bertz CT molecular complexity index is 1120. The van der Waals surface area contributed by atoms with E-state index in [-0.39, 0.29) is 18.1 Å². The molecule has 0 radical (unpaired) electrons. The van der Waals surface area contributed by atoms with Gasteiger partial charge in [-0.2, -0.15) is 4.99 Å². The molecule has 0 unspecified atom stereocenters. The van der Waals surface area contributed by atoms with E-state index in [0.29, 0.717) is 27.5 Å². The van der Waals surface area contributed by atoms with Gasteiger partial charge in [0.1, 0.15) is 5.84 Å². The lowest BCUT2D eigenvalue weighted by Crippen LogP contribution is -2.51. The van der Waals surface area contributed by atoms with Crippen molar-refractivity contribution in [3.8, 4) is 0 Å². The molecule has 34 heavy (non-hydrogen) atoms. The van der Waals surface area contributed by atoms with E-state index in [1.54, 1.807) is 25.2 Å². The number of nitrogens with zero attached hydrogens (tertiary/aromatic N) is 5. The Morgan fingerprint density at radius 2 is 1.74 bits per heavy atom. The minimum atomic E-state index is -0.317. The second kappa shape index (κ2) is 10.5. The molecule has 0 bridgehead atoms. The van der Waals surface area contributed by atoms with Crippen molar-refractivity contribution in [2.45, 2.75) is 0 Å². The summed E-state index contributed by atoms with van der Waals surface area (Å²) in [7, 11) is 3.47. The standard InChI is InChI=1S/C24H27Cl2N7O/c1-16-22(31(3)15-33(23(16)34)21-19(25)5-4-6-20(21)26)30-24(27-2)29-17-7-9-18(10-8-17)32-13-11-28-12-14-32/h4-10,28H,1,11-15H2,2-3H3,(H,27,29). The SMILES string of the molecule is C=C1C(=O)N(c2c(Cl)cccc2Cl)CN(C)C1=NC(=NC)Nc1ccc(N2CCNCC2)cc1. The van der Waals surface area contributed by atoms with Crippen LogP contribution in [-0.4, -0.2) is 69.5 Å². The van der Waals surface area contributed by atoms with Crippen molar-refractivity contribution in [1.29, 1.82) is 0 Å². The van der Waals surface area contributed by atoms with Crippen molar-refractivity contribution in [1.82, 2.24) is 10.2 Å². The zero-order valence-corrected chi connectivity index (χ0v) is 20.7. The van der Waals surface area contributed by atoms with Crippen LogP contribution in [0.15, 0.2) is 64.6 Å². The molecule has 2 heterocycles. The first kappa shape index (κ1) is 24.1. The zero-order valence-electron chi connectivity index (χ0n) is 19.2. The molecule has 1 amide bonds. The number of amides is 1. The number of anilines is 3. The second-order valence-corrected chi connectivity index (χ2v) is 8.83. The molecule has 178 valence electrons. The summed E-state index contributed by atoms with van der Waals surface area (Å²) in [6.45, 7) is 8.14. The van der Waals surface area contributed by atoms with Gasteiger partial charge in [0.05, 0.1) is 28.0 Å². The smallest absolute Gasteiger partial charge is 0.263 e. The molecule has 2 saturated heterocycles. The van der Waals surface area contributed by atoms with Gasteiger partial charge in [-0.1, -0.05) is 35.8 Å². The number of carbonyl (C=O) groups excluding carboxylic acids is 1. The predicted molar refractivity (Wildman–Crippen MR) is 142 cm³/mol. The molecule has 4 rings (SSSR count). The van der Waals surface area contributed by atoms with Gasteiger partial charge in [0.15, 0.2) is 0 Å². The van der Waals surface area contributed by atoms with Gasteiger partial charge in [-0.3, -0.25) is 14.7 Å². The Morgan fingerprint density at radius 1 is 1.09 bits per heavy atom. The fourth-order valence-corrected chi connectivity index (χ4v) is 4.55. The number of amidine groups is 1. The Morgan fingerprint density at radius 3 is 2.35 bits per heavy atom. The van der Waals surface area contributed by atoms with Crippen molar-refractivity contribution in [3.63, 3.8) is 0 Å².